The molecule has 1 amide bonds. The Morgan fingerprint density at radius 3 is 2.49 bits per heavy atom. The van der Waals surface area contributed by atoms with Crippen molar-refractivity contribution in [2.45, 2.75) is 45.6 Å². The van der Waals surface area contributed by atoms with Gasteiger partial charge in [-0.2, -0.15) is 4.98 Å². The Morgan fingerprint density at radius 1 is 1.00 bits per heavy atom. The van der Waals surface area contributed by atoms with Crippen molar-refractivity contribution in [3.05, 3.63) is 33.7 Å². The fraction of sp³-hybridized carbons (Fsp3) is 0.519. The number of carbonyl (C=O) groups excluding carboxylic acids is 1. The Bertz CT molecular complexity index is 1340. The number of ether oxygens (including phenoxy) is 1. The molecule has 2 fully saturated rings. The van der Waals surface area contributed by atoms with Gasteiger partial charge in [-0.15, -0.1) is 11.3 Å². The summed E-state index contributed by atoms with van der Waals surface area (Å²) >= 11 is 1.65. The highest BCUT2D eigenvalue weighted by molar-refractivity contribution is 7.19. The summed E-state index contributed by atoms with van der Waals surface area (Å²) in [5.74, 6) is 1.43. The first-order chi connectivity index (χ1) is 17.9. The lowest BCUT2D eigenvalue weighted by Gasteiger charge is -2.29. The fourth-order valence-corrected chi connectivity index (χ4v) is 6.82. The van der Waals surface area contributed by atoms with Crippen LogP contribution in [0, 0.1) is 0 Å². The monoisotopic (exact) mass is 523 g/mol. The largest absolute Gasteiger partial charge is 0.508 e. The van der Waals surface area contributed by atoms with Gasteiger partial charge < -0.3 is 29.6 Å². The number of hydrogen-bond donors (Lipinski definition) is 2. The number of anilines is 2. The van der Waals surface area contributed by atoms with E-state index in [9.17, 15) is 15.0 Å². The number of aromatic nitrogens is 2. The van der Waals surface area contributed by atoms with Crippen LogP contribution in [-0.2, 0) is 17.7 Å². The summed E-state index contributed by atoms with van der Waals surface area (Å²) in [6, 6.07) is 2.91. The number of hydrogen-bond acceptors (Lipinski definition) is 9. The molecule has 37 heavy (non-hydrogen) atoms. The molecule has 3 aliphatic rings. The lowest BCUT2D eigenvalue weighted by molar-refractivity contribution is 0.0734. The SMILES string of the molecule is CC(C)c1cc(C(=O)N2CCc3c(sc4nc(N5CCOCC5)nc(N5CCCC5)c34)C2)c(O)cc1O. The molecular weight excluding hydrogens is 490 g/mol. The van der Waals surface area contributed by atoms with Crippen molar-refractivity contribution in [1.29, 1.82) is 0 Å². The third-order valence-electron chi connectivity index (χ3n) is 7.65. The Morgan fingerprint density at radius 2 is 1.76 bits per heavy atom. The number of morpholine rings is 1. The van der Waals surface area contributed by atoms with Gasteiger partial charge >= 0.3 is 0 Å². The topological polar surface area (TPSA) is 102 Å². The number of phenolic OH excluding ortho intramolecular Hbond substituents is 2. The molecular formula is C27H33N5O4S. The summed E-state index contributed by atoms with van der Waals surface area (Å²) in [4.78, 5) is 32.1. The molecule has 10 heteroatoms. The molecule has 2 aromatic heterocycles. The number of rotatable bonds is 4. The first-order valence-electron chi connectivity index (χ1n) is 13.2. The second-order valence-electron chi connectivity index (χ2n) is 10.4. The van der Waals surface area contributed by atoms with Gasteiger partial charge in [-0.05, 0) is 42.4 Å². The maximum absolute atomic E-state index is 13.5. The van der Waals surface area contributed by atoms with E-state index in [2.05, 4.69) is 9.80 Å². The average Bonchev–Trinajstić information content (AvgIpc) is 3.56. The molecule has 0 aliphatic carbocycles. The molecule has 0 spiro atoms. The zero-order valence-electron chi connectivity index (χ0n) is 21.4. The van der Waals surface area contributed by atoms with Gasteiger partial charge in [0, 0.05) is 43.7 Å². The maximum Gasteiger partial charge on any atom is 0.257 e. The first-order valence-corrected chi connectivity index (χ1v) is 14.0. The van der Waals surface area contributed by atoms with Crippen LogP contribution >= 0.6 is 11.3 Å². The van der Waals surface area contributed by atoms with Gasteiger partial charge in [-0.1, -0.05) is 13.8 Å². The van der Waals surface area contributed by atoms with E-state index in [0.717, 1.165) is 59.5 Å². The van der Waals surface area contributed by atoms with Crippen LogP contribution < -0.4 is 9.80 Å². The first kappa shape index (κ1) is 24.2. The molecule has 2 N–H and O–H groups in total. The smallest absolute Gasteiger partial charge is 0.257 e. The van der Waals surface area contributed by atoms with Crippen molar-refractivity contribution in [2.24, 2.45) is 0 Å². The summed E-state index contributed by atoms with van der Waals surface area (Å²) in [7, 11) is 0. The van der Waals surface area contributed by atoms with Gasteiger partial charge in [0.25, 0.3) is 5.91 Å². The van der Waals surface area contributed by atoms with E-state index >= 15 is 0 Å². The highest BCUT2D eigenvalue weighted by Gasteiger charge is 2.31. The molecule has 0 radical (unpaired) electrons. The minimum atomic E-state index is -0.220. The van der Waals surface area contributed by atoms with E-state index in [0.29, 0.717) is 31.9 Å². The maximum atomic E-state index is 13.5. The summed E-state index contributed by atoms with van der Waals surface area (Å²) in [6.45, 7) is 9.87. The number of amides is 1. The molecule has 5 heterocycles. The molecule has 9 nitrogen and oxygen atoms in total. The number of nitrogens with zero attached hydrogens (tertiary/aromatic N) is 5. The normalized spacial score (nSPS) is 18.2. The molecule has 0 saturated carbocycles. The predicted octanol–water partition coefficient (Wildman–Crippen LogP) is 3.86. The highest BCUT2D eigenvalue weighted by Crippen LogP contribution is 2.41. The molecule has 2 saturated heterocycles. The number of thiophene rings is 1. The molecule has 3 aromatic rings. The van der Waals surface area contributed by atoms with E-state index in [1.54, 1.807) is 22.3 Å². The van der Waals surface area contributed by atoms with Crippen molar-refractivity contribution in [3.63, 3.8) is 0 Å². The van der Waals surface area contributed by atoms with Gasteiger partial charge in [0.1, 0.15) is 22.1 Å². The summed E-state index contributed by atoms with van der Waals surface area (Å²) in [5, 5.41) is 21.8. The molecule has 3 aliphatic heterocycles. The van der Waals surface area contributed by atoms with Crippen LogP contribution in [0.5, 0.6) is 11.5 Å². The Hall–Kier alpha value is -3.11. The second kappa shape index (κ2) is 9.64. The second-order valence-corrected chi connectivity index (χ2v) is 11.5. The van der Waals surface area contributed by atoms with E-state index in [1.807, 2.05) is 13.8 Å². The fourth-order valence-electron chi connectivity index (χ4n) is 5.60. The molecule has 0 atom stereocenters. The number of phenols is 2. The van der Waals surface area contributed by atoms with Crippen LogP contribution in [0.4, 0.5) is 11.8 Å². The summed E-state index contributed by atoms with van der Waals surface area (Å²) < 4.78 is 5.54. The quantitative estimate of drug-likeness (QED) is 0.532. The molecule has 0 bridgehead atoms. The average molecular weight is 524 g/mol. The molecule has 6 rings (SSSR count). The minimum absolute atomic E-state index is 0.0126. The number of carbonyl (C=O) groups is 1. The van der Waals surface area contributed by atoms with Crippen molar-refractivity contribution < 1.29 is 19.7 Å². The lowest BCUT2D eigenvalue weighted by atomic mass is 9.97. The summed E-state index contributed by atoms with van der Waals surface area (Å²) in [5.41, 5.74) is 2.14. The highest BCUT2D eigenvalue weighted by atomic mass is 32.1. The Kier molecular flexibility index (Phi) is 6.32. The zero-order valence-corrected chi connectivity index (χ0v) is 22.2. The van der Waals surface area contributed by atoms with Gasteiger partial charge in [0.2, 0.25) is 5.95 Å². The van der Waals surface area contributed by atoms with Crippen LogP contribution in [0.25, 0.3) is 10.2 Å². The lowest BCUT2D eigenvalue weighted by Crippen LogP contribution is -2.37. The molecule has 0 unspecified atom stereocenters. The van der Waals surface area contributed by atoms with Crippen LogP contribution in [0.3, 0.4) is 0 Å². The number of fused-ring (bicyclic) bond motifs is 3. The van der Waals surface area contributed by atoms with E-state index < -0.39 is 0 Å². The van der Waals surface area contributed by atoms with Crippen LogP contribution in [0.2, 0.25) is 0 Å². The van der Waals surface area contributed by atoms with Gasteiger partial charge in [0.15, 0.2) is 0 Å². The third kappa shape index (κ3) is 4.35. The van der Waals surface area contributed by atoms with Crippen molar-refractivity contribution in [1.82, 2.24) is 14.9 Å². The van der Waals surface area contributed by atoms with Crippen molar-refractivity contribution >= 4 is 39.2 Å². The van der Waals surface area contributed by atoms with E-state index in [-0.39, 0.29) is 28.9 Å². The van der Waals surface area contributed by atoms with E-state index in [4.69, 9.17) is 14.7 Å². The van der Waals surface area contributed by atoms with E-state index in [1.165, 1.54) is 24.5 Å². The van der Waals surface area contributed by atoms with Gasteiger partial charge in [0.05, 0.1) is 30.7 Å². The van der Waals surface area contributed by atoms with Gasteiger partial charge in [-0.25, -0.2) is 4.98 Å². The summed E-state index contributed by atoms with van der Waals surface area (Å²) in [6.07, 6.45) is 3.06. The minimum Gasteiger partial charge on any atom is -0.508 e. The molecule has 1 aromatic carbocycles. The van der Waals surface area contributed by atoms with Gasteiger partial charge in [-0.3, -0.25) is 4.79 Å². The van der Waals surface area contributed by atoms with Crippen LogP contribution in [0.1, 0.15) is 59.0 Å². The Labute approximate surface area is 220 Å². The third-order valence-corrected chi connectivity index (χ3v) is 8.76. The standard InChI is InChI=1S/C27H33N5O4S/c1-16(2)18-13-19(21(34)14-20(18)33)26(35)32-8-5-17-22(15-32)37-25-23(17)24(30-6-3-4-7-30)28-27(29-25)31-9-11-36-12-10-31/h13-14,16,33-34H,3-12,15H2,1-2H3. The van der Waals surface area contributed by atoms with Crippen LogP contribution in [-0.4, -0.2) is 76.9 Å². The number of aromatic hydroxyl groups is 2. The number of benzene rings is 1. The van der Waals surface area contributed by atoms with Crippen molar-refractivity contribution in [3.8, 4) is 11.5 Å². The molecule has 196 valence electrons. The van der Waals surface area contributed by atoms with Crippen molar-refractivity contribution in [2.75, 3.05) is 55.7 Å². The predicted molar refractivity (Wildman–Crippen MR) is 144 cm³/mol. The van der Waals surface area contributed by atoms with Crippen LogP contribution in [0.15, 0.2) is 12.1 Å². The zero-order chi connectivity index (χ0) is 25.7. The Balaban J connectivity index is 1.36.